The van der Waals surface area contributed by atoms with Gasteiger partial charge in [0.05, 0.1) is 4.92 Å². The highest BCUT2D eigenvalue weighted by Gasteiger charge is 2.38. The highest BCUT2D eigenvalue weighted by Crippen LogP contribution is 2.47. The van der Waals surface area contributed by atoms with Crippen LogP contribution in [0.25, 0.3) is 0 Å². The van der Waals surface area contributed by atoms with E-state index in [0.717, 1.165) is 11.8 Å². The zero-order valence-corrected chi connectivity index (χ0v) is 11.6. The molecule has 0 saturated heterocycles. The van der Waals surface area contributed by atoms with Gasteiger partial charge in [0.15, 0.2) is 0 Å². The maximum atomic E-state index is 11.9. The van der Waals surface area contributed by atoms with E-state index in [0.29, 0.717) is 11.5 Å². The summed E-state index contributed by atoms with van der Waals surface area (Å²) in [6.45, 7) is 0. The standard InChI is InChI=1S/C15H17N3O3/c19-15(11-3-5-14(6-4-11)18(20)21)17-16-9-13-8-10-1-2-12(13)7-10/h3-6,9-10,12-13H,1-2,7-8H2,(H,17,19)/b16-9-/t10-,12-,13-/m1/s1. The Morgan fingerprint density at radius 1 is 1.29 bits per heavy atom. The molecule has 21 heavy (non-hydrogen) atoms. The summed E-state index contributed by atoms with van der Waals surface area (Å²) in [4.78, 5) is 21.9. The highest BCUT2D eigenvalue weighted by molar-refractivity contribution is 5.94. The summed E-state index contributed by atoms with van der Waals surface area (Å²) >= 11 is 0. The van der Waals surface area contributed by atoms with Crippen LogP contribution >= 0.6 is 0 Å². The smallest absolute Gasteiger partial charge is 0.267 e. The van der Waals surface area contributed by atoms with Gasteiger partial charge >= 0.3 is 0 Å². The van der Waals surface area contributed by atoms with E-state index in [4.69, 9.17) is 0 Å². The van der Waals surface area contributed by atoms with Gasteiger partial charge in [-0.25, -0.2) is 5.43 Å². The minimum Gasteiger partial charge on any atom is -0.267 e. The Balaban J connectivity index is 1.55. The van der Waals surface area contributed by atoms with Crippen LogP contribution in [-0.4, -0.2) is 17.0 Å². The molecule has 3 atom stereocenters. The molecule has 2 fully saturated rings. The molecular weight excluding hydrogens is 270 g/mol. The summed E-state index contributed by atoms with van der Waals surface area (Å²) in [5, 5.41) is 14.6. The molecule has 0 unspecified atom stereocenters. The number of benzene rings is 1. The van der Waals surface area contributed by atoms with Crippen LogP contribution in [0.3, 0.4) is 0 Å². The first-order valence-electron chi connectivity index (χ1n) is 7.21. The van der Waals surface area contributed by atoms with E-state index in [1.54, 1.807) is 0 Å². The fraction of sp³-hybridized carbons (Fsp3) is 0.467. The molecule has 2 aliphatic rings. The van der Waals surface area contributed by atoms with Crippen LogP contribution in [0.4, 0.5) is 5.69 Å². The number of hydrogen-bond donors (Lipinski definition) is 1. The average molecular weight is 287 g/mol. The molecule has 0 aromatic heterocycles. The van der Waals surface area contributed by atoms with E-state index in [1.165, 1.54) is 49.9 Å². The molecule has 0 heterocycles. The third-order valence-electron chi connectivity index (χ3n) is 4.57. The SMILES string of the molecule is O=C(N/N=C\[C@H]1C[C@@H]2CC[C@@H]1C2)c1ccc([N+](=O)[O-])cc1. The van der Waals surface area contributed by atoms with Gasteiger partial charge in [-0.1, -0.05) is 6.42 Å². The molecule has 0 aliphatic heterocycles. The summed E-state index contributed by atoms with van der Waals surface area (Å²) in [6.07, 6.45) is 6.95. The van der Waals surface area contributed by atoms with Crippen molar-refractivity contribution in [2.75, 3.05) is 0 Å². The number of amides is 1. The number of carbonyl (C=O) groups excluding carboxylic acids is 1. The van der Waals surface area contributed by atoms with Gasteiger partial charge in [0.2, 0.25) is 0 Å². The Labute approximate surface area is 122 Å². The van der Waals surface area contributed by atoms with Crippen LogP contribution < -0.4 is 5.43 Å². The van der Waals surface area contributed by atoms with Crippen LogP contribution in [-0.2, 0) is 0 Å². The van der Waals surface area contributed by atoms with Gasteiger partial charge in [-0.3, -0.25) is 14.9 Å². The zero-order valence-electron chi connectivity index (χ0n) is 11.6. The Bertz CT molecular complexity index is 582. The molecule has 2 bridgehead atoms. The third kappa shape index (κ3) is 2.94. The lowest BCUT2D eigenvalue weighted by Crippen LogP contribution is -2.20. The third-order valence-corrected chi connectivity index (χ3v) is 4.57. The highest BCUT2D eigenvalue weighted by atomic mass is 16.6. The number of nitrogens with zero attached hydrogens (tertiary/aromatic N) is 2. The van der Waals surface area contributed by atoms with Crippen molar-refractivity contribution in [2.24, 2.45) is 22.9 Å². The summed E-state index contributed by atoms with van der Waals surface area (Å²) in [7, 11) is 0. The lowest BCUT2D eigenvalue weighted by molar-refractivity contribution is -0.384. The number of nitro groups is 1. The first-order valence-corrected chi connectivity index (χ1v) is 7.21. The van der Waals surface area contributed by atoms with Crippen molar-refractivity contribution in [1.29, 1.82) is 0 Å². The topological polar surface area (TPSA) is 84.6 Å². The fourth-order valence-corrected chi connectivity index (χ4v) is 3.47. The number of carbonyl (C=O) groups is 1. The maximum absolute atomic E-state index is 11.9. The number of nitrogens with one attached hydrogen (secondary N) is 1. The van der Waals surface area contributed by atoms with E-state index >= 15 is 0 Å². The van der Waals surface area contributed by atoms with Gasteiger partial charge in [0, 0.05) is 23.9 Å². The number of nitro benzene ring substituents is 1. The molecule has 0 radical (unpaired) electrons. The molecular formula is C15H17N3O3. The maximum Gasteiger partial charge on any atom is 0.271 e. The molecule has 1 aromatic rings. The van der Waals surface area contributed by atoms with Crippen molar-refractivity contribution in [3.8, 4) is 0 Å². The van der Waals surface area contributed by atoms with Crippen LogP contribution in [0, 0.1) is 27.9 Å². The first-order chi connectivity index (χ1) is 10.1. The normalized spacial score (nSPS) is 27.1. The molecule has 0 spiro atoms. The lowest BCUT2D eigenvalue weighted by atomic mass is 9.90. The molecule has 110 valence electrons. The van der Waals surface area contributed by atoms with Crippen LogP contribution in [0.5, 0.6) is 0 Å². The number of fused-ring (bicyclic) bond motifs is 2. The molecule has 6 heteroatoms. The molecule has 2 aliphatic carbocycles. The van der Waals surface area contributed by atoms with Crippen molar-refractivity contribution < 1.29 is 9.72 Å². The molecule has 2 saturated carbocycles. The van der Waals surface area contributed by atoms with Crippen LogP contribution in [0.1, 0.15) is 36.0 Å². The number of hydrazone groups is 1. The summed E-state index contributed by atoms with van der Waals surface area (Å²) in [6, 6.07) is 5.49. The second-order valence-electron chi connectivity index (χ2n) is 5.86. The first kappa shape index (κ1) is 13.7. The Morgan fingerprint density at radius 3 is 2.62 bits per heavy atom. The Kier molecular flexibility index (Phi) is 3.68. The van der Waals surface area contributed by atoms with Crippen molar-refractivity contribution >= 4 is 17.8 Å². The number of non-ortho nitro benzene ring substituents is 1. The summed E-state index contributed by atoms with van der Waals surface area (Å²) < 4.78 is 0. The van der Waals surface area contributed by atoms with Crippen molar-refractivity contribution in [3.63, 3.8) is 0 Å². The summed E-state index contributed by atoms with van der Waals surface area (Å²) in [5.74, 6) is 1.72. The van der Waals surface area contributed by atoms with E-state index in [1.807, 2.05) is 6.21 Å². The average Bonchev–Trinajstić information content (AvgIpc) is 3.10. The van der Waals surface area contributed by atoms with E-state index in [-0.39, 0.29) is 11.6 Å². The minimum atomic E-state index is -0.491. The van der Waals surface area contributed by atoms with Gasteiger partial charge in [-0.05, 0) is 49.1 Å². The fourth-order valence-electron chi connectivity index (χ4n) is 3.47. The van der Waals surface area contributed by atoms with Crippen molar-refractivity contribution in [3.05, 3.63) is 39.9 Å². The monoisotopic (exact) mass is 287 g/mol. The van der Waals surface area contributed by atoms with Crippen molar-refractivity contribution in [2.45, 2.75) is 25.7 Å². The number of hydrogen-bond acceptors (Lipinski definition) is 4. The second-order valence-corrected chi connectivity index (χ2v) is 5.86. The summed E-state index contributed by atoms with van der Waals surface area (Å²) in [5.41, 5.74) is 2.83. The van der Waals surface area contributed by atoms with E-state index < -0.39 is 4.92 Å². The molecule has 3 rings (SSSR count). The molecule has 1 N–H and O–H groups in total. The number of rotatable bonds is 4. The minimum absolute atomic E-state index is 0.0305. The van der Waals surface area contributed by atoms with Crippen LogP contribution in [0.15, 0.2) is 29.4 Å². The quantitative estimate of drug-likeness (QED) is 0.525. The molecule has 1 aromatic carbocycles. The lowest BCUT2D eigenvalue weighted by Gasteiger charge is -2.16. The van der Waals surface area contributed by atoms with Gasteiger partial charge in [0.25, 0.3) is 11.6 Å². The molecule has 1 amide bonds. The van der Waals surface area contributed by atoms with Gasteiger partial charge in [-0.15, -0.1) is 0 Å². The van der Waals surface area contributed by atoms with E-state index in [9.17, 15) is 14.9 Å². The van der Waals surface area contributed by atoms with Gasteiger partial charge in [-0.2, -0.15) is 5.10 Å². The Hall–Kier alpha value is -2.24. The predicted octanol–water partition coefficient (Wildman–Crippen LogP) is 2.75. The molecule has 6 nitrogen and oxygen atoms in total. The zero-order chi connectivity index (χ0) is 14.8. The Morgan fingerprint density at radius 2 is 2.05 bits per heavy atom. The van der Waals surface area contributed by atoms with Gasteiger partial charge in [0.1, 0.15) is 0 Å². The van der Waals surface area contributed by atoms with Gasteiger partial charge < -0.3 is 0 Å². The van der Waals surface area contributed by atoms with E-state index in [2.05, 4.69) is 10.5 Å². The second kappa shape index (κ2) is 5.63. The van der Waals surface area contributed by atoms with Crippen molar-refractivity contribution in [1.82, 2.24) is 5.43 Å². The predicted molar refractivity (Wildman–Crippen MR) is 78.0 cm³/mol. The van der Waals surface area contributed by atoms with Crippen LogP contribution in [0.2, 0.25) is 0 Å². The largest absolute Gasteiger partial charge is 0.271 e.